The van der Waals surface area contributed by atoms with Crippen LogP contribution in [0.25, 0.3) is 10.9 Å². The van der Waals surface area contributed by atoms with E-state index in [2.05, 4.69) is 25.5 Å². The highest BCUT2D eigenvalue weighted by atomic mass is 32.2. The number of nitrogens with one attached hydrogen (secondary N) is 2. The van der Waals surface area contributed by atoms with Crippen molar-refractivity contribution in [1.29, 1.82) is 0 Å². The van der Waals surface area contributed by atoms with Crippen molar-refractivity contribution in [3.8, 4) is 0 Å². The molecule has 2 aromatic carbocycles. The number of halogens is 1. The van der Waals surface area contributed by atoms with Gasteiger partial charge in [-0.2, -0.15) is 0 Å². The molecular formula is C18H14FN5OS2. The lowest BCUT2D eigenvalue weighted by atomic mass is 10.2. The molecule has 0 aliphatic carbocycles. The summed E-state index contributed by atoms with van der Waals surface area (Å²) in [5.74, 6) is 0.262. The van der Waals surface area contributed by atoms with Gasteiger partial charge in [0.2, 0.25) is 5.13 Å². The second-order valence-corrected chi connectivity index (χ2v) is 8.30. The van der Waals surface area contributed by atoms with Crippen molar-refractivity contribution in [2.75, 3.05) is 5.32 Å². The van der Waals surface area contributed by atoms with E-state index < -0.39 is 0 Å². The Morgan fingerprint density at radius 1 is 1.19 bits per heavy atom. The molecular weight excluding hydrogens is 385 g/mol. The molecule has 0 saturated carbocycles. The number of hydrogen-bond donors (Lipinski definition) is 2. The summed E-state index contributed by atoms with van der Waals surface area (Å²) in [7, 11) is 0. The van der Waals surface area contributed by atoms with Crippen molar-refractivity contribution in [1.82, 2.24) is 20.2 Å². The van der Waals surface area contributed by atoms with Crippen LogP contribution in [0.15, 0.2) is 57.7 Å². The molecule has 0 fully saturated rings. The van der Waals surface area contributed by atoms with Gasteiger partial charge in [-0.1, -0.05) is 41.3 Å². The quantitative estimate of drug-likeness (QED) is 0.481. The maximum atomic E-state index is 13.3. The van der Waals surface area contributed by atoms with Gasteiger partial charge in [0, 0.05) is 5.69 Å². The zero-order valence-electron chi connectivity index (χ0n) is 14.1. The topological polar surface area (TPSA) is 83.6 Å². The van der Waals surface area contributed by atoms with Gasteiger partial charge in [0.15, 0.2) is 4.34 Å². The molecule has 6 nitrogen and oxygen atoms in total. The third kappa shape index (κ3) is 3.99. The molecule has 136 valence electrons. The second-order valence-electron chi connectivity index (χ2n) is 5.74. The maximum Gasteiger partial charge on any atom is 0.258 e. The van der Waals surface area contributed by atoms with Crippen molar-refractivity contribution in [2.45, 2.75) is 16.5 Å². The first-order chi connectivity index (χ1) is 13.1. The Kier molecular flexibility index (Phi) is 4.87. The minimum Gasteiger partial charge on any atom is -0.330 e. The third-order valence-corrected chi connectivity index (χ3v) is 5.81. The lowest BCUT2D eigenvalue weighted by Crippen LogP contribution is -2.12. The average molecular weight is 399 g/mol. The minimum absolute atomic E-state index is 0.114. The molecule has 0 bridgehead atoms. The number of aromatic amines is 1. The molecule has 4 rings (SSSR count). The number of fused-ring (bicyclic) bond motifs is 1. The Morgan fingerprint density at radius 2 is 2.04 bits per heavy atom. The number of H-pyrrole nitrogens is 1. The summed E-state index contributed by atoms with van der Waals surface area (Å²) >= 11 is 2.80. The zero-order chi connectivity index (χ0) is 18.8. The van der Waals surface area contributed by atoms with E-state index in [4.69, 9.17) is 0 Å². The van der Waals surface area contributed by atoms with Crippen molar-refractivity contribution >= 4 is 44.8 Å². The lowest BCUT2D eigenvalue weighted by Gasteiger charge is -2.08. The van der Waals surface area contributed by atoms with Gasteiger partial charge in [-0.05, 0) is 37.3 Å². The van der Waals surface area contributed by atoms with Crippen LogP contribution in [0.5, 0.6) is 0 Å². The highest BCUT2D eigenvalue weighted by molar-refractivity contribution is 8.01. The fraction of sp³-hybridized carbons (Fsp3) is 0.111. The van der Waals surface area contributed by atoms with Crippen LogP contribution >= 0.6 is 23.1 Å². The van der Waals surface area contributed by atoms with Crippen LogP contribution in [-0.2, 0) is 0 Å². The van der Waals surface area contributed by atoms with E-state index in [-0.39, 0.29) is 16.6 Å². The van der Waals surface area contributed by atoms with Gasteiger partial charge >= 0.3 is 0 Å². The molecule has 2 heterocycles. The molecule has 1 unspecified atom stereocenters. The Hall–Kier alpha value is -2.78. The van der Waals surface area contributed by atoms with E-state index in [0.29, 0.717) is 27.5 Å². The standard InChI is InChI=1S/C18H14FN5OS2/c1-10(15-21-14-8-3-2-7-13(14)16(25)22-15)26-18-24-23-17(27-18)20-12-6-4-5-11(19)9-12/h2-10H,1H3,(H,20,23)(H,21,22,25). The highest BCUT2D eigenvalue weighted by Crippen LogP contribution is 2.36. The van der Waals surface area contributed by atoms with Crippen LogP contribution in [-0.4, -0.2) is 20.2 Å². The largest absolute Gasteiger partial charge is 0.330 e. The Morgan fingerprint density at radius 3 is 2.89 bits per heavy atom. The molecule has 9 heteroatoms. The van der Waals surface area contributed by atoms with Crippen molar-refractivity contribution in [2.24, 2.45) is 0 Å². The summed E-state index contributed by atoms with van der Waals surface area (Å²) < 4.78 is 14.0. The van der Waals surface area contributed by atoms with Gasteiger partial charge in [-0.25, -0.2) is 9.37 Å². The van der Waals surface area contributed by atoms with Gasteiger partial charge in [0.1, 0.15) is 11.6 Å². The summed E-state index contributed by atoms with van der Waals surface area (Å²) in [6.07, 6.45) is 0. The van der Waals surface area contributed by atoms with Crippen LogP contribution in [0.4, 0.5) is 15.2 Å². The van der Waals surface area contributed by atoms with E-state index in [1.165, 1.54) is 35.2 Å². The van der Waals surface area contributed by atoms with Crippen LogP contribution in [0.3, 0.4) is 0 Å². The Labute approximate surface area is 161 Å². The van der Waals surface area contributed by atoms with Crippen molar-refractivity contribution in [3.05, 3.63) is 70.5 Å². The number of para-hydroxylation sites is 1. The van der Waals surface area contributed by atoms with Crippen LogP contribution in [0.1, 0.15) is 18.0 Å². The molecule has 0 amide bonds. The predicted octanol–water partition coefficient (Wildman–Crippen LogP) is 4.51. The number of nitrogens with zero attached hydrogens (tertiary/aromatic N) is 3. The van der Waals surface area contributed by atoms with E-state index in [1.807, 2.05) is 25.1 Å². The summed E-state index contributed by atoms with van der Waals surface area (Å²) in [4.78, 5) is 19.6. The maximum absolute atomic E-state index is 13.3. The molecule has 27 heavy (non-hydrogen) atoms. The van der Waals surface area contributed by atoms with E-state index in [9.17, 15) is 9.18 Å². The number of benzene rings is 2. The Bertz CT molecular complexity index is 1160. The van der Waals surface area contributed by atoms with Gasteiger partial charge in [-0.15, -0.1) is 10.2 Å². The normalized spacial score (nSPS) is 12.2. The predicted molar refractivity (Wildman–Crippen MR) is 106 cm³/mol. The number of aromatic nitrogens is 4. The third-order valence-electron chi connectivity index (χ3n) is 3.78. The molecule has 2 aromatic heterocycles. The zero-order valence-corrected chi connectivity index (χ0v) is 15.8. The van der Waals surface area contributed by atoms with Gasteiger partial charge in [0.05, 0.1) is 16.2 Å². The molecule has 2 N–H and O–H groups in total. The molecule has 0 aliphatic rings. The summed E-state index contributed by atoms with van der Waals surface area (Å²) in [5.41, 5.74) is 1.11. The fourth-order valence-corrected chi connectivity index (χ4v) is 4.48. The van der Waals surface area contributed by atoms with Gasteiger partial charge in [0.25, 0.3) is 5.56 Å². The lowest BCUT2D eigenvalue weighted by molar-refractivity contribution is 0.628. The first-order valence-corrected chi connectivity index (χ1v) is 9.80. The Balaban J connectivity index is 1.51. The number of hydrogen-bond acceptors (Lipinski definition) is 7. The van der Waals surface area contributed by atoms with E-state index >= 15 is 0 Å². The van der Waals surface area contributed by atoms with E-state index in [0.717, 1.165) is 4.34 Å². The molecule has 4 aromatic rings. The summed E-state index contributed by atoms with van der Waals surface area (Å²) in [5, 5.41) is 12.3. The average Bonchev–Trinajstić information content (AvgIpc) is 3.08. The summed E-state index contributed by atoms with van der Waals surface area (Å²) in [6.45, 7) is 1.94. The molecule has 1 atom stereocenters. The minimum atomic E-state index is -0.320. The molecule has 0 saturated heterocycles. The van der Waals surface area contributed by atoms with Crippen molar-refractivity contribution < 1.29 is 4.39 Å². The first kappa shape index (κ1) is 17.6. The van der Waals surface area contributed by atoms with Crippen LogP contribution in [0, 0.1) is 5.82 Å². The van der Waals surface area contributed by atoms with E-state index in [1.54, 1.807) is 18.2 Å². The van der Waals surface area contributed by atoms with Crippen LogP contribution in [0.2, 0.25) is 0 Å². The summed E-state index contributed by atoms with van der Waals surface area (Å²) in [6, 6.07) is 13.4. The number of anilines is 2. The number of thioether (sulfide) groups is 1. The first-order valence-electron chi connectivity index (χ1n) is 8.10. The molecule has 0 radical (unpaired) electrons. The van der Waals surface area contributed by atoms with Crippen LogP contribution < -0.4 is 10.9 Å². The second kappa shape index (κ2) is 7.45. The molecule has 0 aliphatic heterocycles. The van der Waals surface area contributed by atoms with Gasteiger partial charge in [-0.3, -0.25) is 4.79 Å². The SMILES string of the molecule is CC(Sc1nnc(Nc2cccc(F)c2)s1)c1nc2ccccc2c(=O)[nH]1. The monoisotopic (exact) mass is 399 g/mol. The smallest absolute Gasteiger partial charge is 0.258 e. The molecule has 0 spiro atoms. The van der Waals surface area contributed by atoms with Gasteiger partial charge < -0.3 is 10.3 Å². The fourth-order valence-electron chi connectivity index (χ4n) is 2.50. The van der Waals surface area contributed by atoms with Crippen molar-refractivity contribution in [3.63, 3.8) is 0 Å². The highest BCUT2D eigenvalue weighted by Gasteiger charge is 2.15. The number of rotatable bonds is 5.